The maximum absolute atomic E-state index is 14.1. The molecule has 1 aliphatic heterocycles. The van der Waals surface area contributed by atoms with Gasteiger partial charge in [0.1, 0.15) is 29.6 Å². The van der Waals surface area contributed by atoms with Gasteiger partial charge in [0.05, 0.1) is 22.9 Å². The lowest BCUT2D eigenvalue weighted by atomic mass is 9.90. The molecule has 1 fully saturated rings. The van der Waals surface area contributed by atoms with Crippen molar-refractivity contribution in [3.8, 4) is 23.0 Å². The van der Waals surface area contributed by atoms with Crippen molar-refractivity contribution in [2.45, 2.75) is 31.2 Å². The number of nitriles is 1. The summed E-state index contributed by atoms with van der Waals surface area (Å²) in [6, 6.07) is 8.22. The Morgan fingerprint density at radius 1 is 1.12 bits per heavy atom. The van der Waals surface area contributed by atoms with E-state index in [0.717, 1.165) is 21.3 Å². The zero-order chi connectivity index (χ0) is 29.0. The van der Waals surface area contributed by atoms with Crippen LogP contribution in [-0.4, -0.2) is 48.5 Å². The molecule has 5 rings (SSSR count). The molecule has 15 heteroatoms. The number of fused-ring (bicyclic) bond motifs is 1. The van der Waals surface area contributed by atoms with E-state index in [1.165, 1.54) is 39.9 Å². The van der Waals surface area contributed by atoms with E-state index >= 15 is 0 Å². The second kappa shape index (κ2) is 9.96. The molecule has 0 spiro atoms. The van der Waals surface area contributed by atoms with Crippen LogP contribution in [0.25, 0.3) is 22.6 Å². The number of alkyl halides is 3. The number of imidazole rings is 1. The second-order valence-electron chi connectivity index (χ2n) is 9.20. The Labute approximate surface area is 232 Å². The summed E-state index contributed by atoms with van der Waals surface area (Å²) in [4.78, 5) is 33.4. The van der Waals surface area contributed by atoms with Gasteiger partial charge in [-0.3, -0.25) is 13.8 Å². The quantitative estimate of drug-likeness (QED) is 0.354. The van der Waals surface area contributed by atoms with Crippen LogP contribution in [0.5, 0.6) is 0 Å². The van der Waals surface area contributed by atoms with Crippen LogP contribution < -0.4 is 16.1 Å². The maximum Gasteiger partial charge on any atom is 0.417 e. The predicted octanol–water partition coefficient (Wildman–Crippen LogP) is 4.18. The minimum absolute atomic E-state index is 0.000504. The van der Waals surface area contributed by atoms with E-state index in [1.807, 2.05) is 6.07 Å². The molecular weight excluding hydrogens is 579 g/mol. The van der Waals surface area contributed by atoms with Crippen molar-refractivity contribution in [2.75, 3.05) is 18.0 Å². The van der Waals surface area contributed by atoms with Gasteiger partial charge in [-0.05, 0) is 23.8 Å². The first-order chi connectivity index (χ1) is 18.9. The molecule has 1 aliphatic rings. The summed E-state index contributed by atoms with van der Waals surface area (Å²) in [5.74, 6) is -0.944. The van der Waals surface area contributed by atoms with Crippen molar-refractivity contribution < 1.29 is 22.7 Å². The molecule has 208 valence electrons. The Balaban J connectivity index is 1.81. The molecule has 4 aromatic rings. The number of rotatable bonds is 4. The van der Waals surface area contributed by atoms with E-state index in [4.69, 9.17) is 23.2 Å². The molecule has 40 heavy (non-hydrogen) atoms. The lowest BCUT2D eigenvalue weighted by molar-refractivity contribution is -0.266. The van der Waals surface area contributed by atoms with Gasteiger partial charge in [-0.25, -0.2) is 18.7 Å². The van der Waals surface area contributed by atoms with Crippen molar-refractivity contribution in [2.24, 2.45) is 0 Å². The average molecular weight is 597 g/mol. The molecule has 4 heterocycles. The zero-order valence-electron chi connectivity index (χ0n) is 20.3. The number of piperidine rings is 1. The average Bonchev–Trinajstić information content (AvgIpc) is 3.30. The Hall–Kier alpha value is -3.86. The standard InChI is InChI=1S/C25H18Cl2F4N6O3/c26-15-3-7-35-18(12-15)33-13-19(35)37-22(38)20(14-1-2-17(28)16(27)11-14)21(36(10-6-32)23(37)39)34-8-4-24(40,5-9-34)25(29,30)31/h1-3,7,11-13,40H,4-5,8-10H2. The number of halogens is 6. The Morgan fingerprint density at radius 2 is 1.82 bits per heavy atom. The summed E-state index contributed by atoms with van der Waals surface area (Å²) in [6.07, 6.45) is -3.67. The highest BCUT2D eigenvalue weighted by Gasteiger charge is 2.55. The van der Waals surface area contributed by atoms with E-state index < -0.39 is 61.3 Å². The number of benzene rings is 1. The first-order valence-corrected chi connectivity index (χ1v) is 12.5. The third-order valence-corrected chi connectivity index (χ3v) is 7.38. The van der Waals surface area contributed by atoms with Crippen molar-refractivity contribution in [3.63, 3.8) is 0 Å². The molecule has 3 aromatic heterocycles. The van der Waals surface area contributed by atoms with Gasteiger partial charge < -0.3 is 10.0 Å². The zero-order valence-corrected chi connectivity index (χ0v) is 21.8. The third kappa shape index (κ3) is 4.51. The van der Waals surface area contributed by atoms with Gasteiger partial charge >= 0.3 is 11.9 Å². The number of aromatic nitrogens is 4. The summed E-state index contributed by atoms with van der Waals surface area (Å²) in [6.45, 7) is -1.39. The number of hydrogen-bond acceptors (Lipinski definition) is 6. The summed E-state index contributed by atoms with van der Waals surface area (Å²) >= 11 is 12.0. The van der Waals surface area contributed by atoms with Gasteiger partial charge in [-0.1, -0.05) is 29.3 Å². The molecule has 1 saturated heterocycles. The highest BCUT2D eigenvalue weighted by atomic mass is 35.5. The highest BCUT2D eigenvalue weighted by Crippen LogP contribution is 2.40. The monoisotopic (exact) mass is 596 g/mol. The SMILES string of the molecule is N#CCn1c(N2CCC(O)(C(F)(F)F)CC2)c(-c2ccc(F)c(Cl)c2)c(=O)n(-c2cnc3cc(Cl)ccn23)c1=O. The van der Waals surface area contributed by atoms with Crippen LogP contribution >= 0.6 is 23.2 Å². The first kappa shape index (κ1) is 27.7. The van der Waals surface area contributed by atoms with Crippen molar-refractivity contribution in [3.05, 3.63) is 79.4 Å². The van der Waals surface area contributed by atoms with Crippen LogP contribution in [0.4, 0.5) is 23.4 Å². The van der Waals surface area contributed by atoms with Crippen molar-refractivity contribution >= 4 is 34.7 Å². The Kier molecular flexibility index (Phi) is 6.89. The Bertz CT molecular complexity index is 1800. The summed E-state index contributed by atoms with van der Waals surface area (Å²) in [5.41, 5.74) is -4.69. The molecule has 1 aromatic carbocycles. The van der Waals surface area contributed by atoms with Crippen LogP contribution in [0, 0.1) is 17.1 Å². The highest BCUT2D eigenvalue weighted by molar-refractivity contribution is 6.31. The van der Waals surface area contributed by atoms with Crippen molar-refractivity contribution in [1.82, 2.24) is 18.5 Å². The van der Waals surface area contributed by atoms with Crippen LogP contribution in [0.15, 0.2) is 52.3 Å². The van der Waals surface area contributed by atoms with Crippen LogP contribution in [0.3, 0.4) is 0 Å². The number of nitrogens with zero attached hydrogens (tertiary/aromatic N) is 6. The fourth-order valence-corrected chi connectivity index (χ4v) is 5.10. The first-order valence-electron chi connectivity index (χ1n) is 11.8. The van der Waals surface area contributed by atoms with Crippen LogP contribution in [-0.2, 0) is 6.54 Å². The fourth-order valence-electron chi connectivity index (χ4n) is 4.77. The van der Waals surface area contributed by atoms with Crippen LogP contribution in [0.1, 0.15) is 12.8 Å². The normalized spacial score (nSPS) is 15.4. The van der Waals surface area contributed by atoms with Gasteiger partial charge in [0.2, 0.25) is 0 Å². The minimum Gasteiger partial charge on any atom is -0.380 e. The molecular formula is C25H18Cl2F4N6O3. The fraction of sp³-hybridized carbons (Fsp3) is 0.280. The molecule has 9 nitrogen and oxygen atoms in total. The largest absolute Gasteiger partial charge is 0.417 e. The van der Waals surface area contributed by atoms with E-state index in [0.29, 0.717) is 10.7 Å². The molecule has 0 bridgehead atoms. The van der Waals surface area contributed by atoms with Gasteiger partial charge in [-0.15, -0.1) is 0 Å². The number of pyridine rings is 1. The molecule has 0 atom stereocenters. The predicted molar refractivity (Wildman–Crippen MR) is 139 cm³/mol. The smallest absolute Gasteiger partial charge is 0.380 e. The molecule has 1 N–H and O–H groups in total. The molecule has 0 radical (unpaired) electrons. The van der Waals surface area contributed by atoms with Crippen LogP contribution in [0.2, 0.25) is 10.0 Å². The van der Waals surface area contributed by atoms with E-state index in [2.05, 4.69) is 4.98 Å². The Morgan fingerprint density at radius 3 is 2.45 bits per heavy atom. The maximum atomic E-state index is 14.1. The van der Waals surface area contributed by atoms with Gasteiger partial charge in [-0.2, -0.15) is 18.4 Å². The van der Waals surface area contributed by atoms with Gasteiger partial charge in [0.15, 0.2) is 5.60 Å². The number of anilines is 1. The third-order valence-electron chi connectivity index (χ3n) is 6.86. The van der Waals surface area contributed by atoms with Crippen molar-refractivity contribution in [1.29, 1.82) is 5.26 Å². The van der Waals surface area contributed by atoms with E-state index in [-0.39, 0.29) is 27.8 Å². The lowest BCUT2D eigenvalue weighted by Gasteiger charge is -2.41. The summed E-state index contributed by atoms with van der Waals surface area (Å²) in [5, 5.41) is 19.8. The molecule has 0 unspecified atom stereocenters. The molecule has 0 amide bonds. The lowest BCUT2D eigenvalue weighted by Crippen LogP contribution is -2.54. The second-order valence-corrected chi connectivity index (χ2v) is 10.0. The number of aliphatic hydroxyl groups is 1. The molecule has 0 aliphatic carbocycles. The molecule has 0 saturated carbocycles. The van der Waals surface area contributed by atoms with E-state index in [9.17, 15) is 37.5 Å². The topological polar surface area (TPSA) is 109 Å². The summed E-state index contributed by atoms with van der Waals surface area (Å²) < 4.78 is 57.6. The van der Waals surface area contributed by atoms with Gasteiger partial charge in [0.25, 0.3) is 5.56 Å². The minimum atomic E-state index is -4.89. The van der Waals surface area contributed by atoms with E-state index in [1.54, 1.807) is 0 Å². The summed E-state index contributed by atoms with van der Waals surface area (Å²) in [7, 11) is 0. The number of hydrogen-bond donors (Lipinski definition) is 1. The van der Waals surface area contributed by atoms with Gasteiger partial charge in [0, 0.05) is 43.2 Å².